The van der Waals surface area contributed by atoms with Crippen LogP contribution in [0, 0.1) is 0 Å². The Morgan fingerprint density at radius 1 is 0.833 bits per heavy atom. The lowest BCUT2D eigenvalue weighted by Crippen LogP contribution is -2.47. The predicted molar refractivity (Wildman–Crippen MR) is 136 cm³/mol. The number of benzene rings is 3. The molecule has 0 saturated carbocycles. The van der Waals surface area contributed by atoms with E-state index in [1.807, 2.05) is 75.4 Å². The third kappa shape index (κ3) is 6.30. The van der Waals surface area contributed by atoms with E-state index in [0.29, 0.717) is 17.5 Å². The van der Waals surface area contributed by atoms with Crippen molar-refractivity contribution in [3.05, 3.63) is 101 Å². The molecule has 0 spiro atoms. The van der Waals surface area contributed by atoms with E-state index < -0.39 is 12.1 Å². The lowest BCUT2D eigenvalue weighted by molar-refractivity contribution is 0.0632. The number of rotatable bonds is 8. The normalized spacial score (nSPS) is 13.8. The summed E-state index contributed by atoms with van der Waals surface area (Å²) in [4.78, 5) is 39.7. The van der Waals surface area contributed by atoms with Crippen LogP contribution in [0.15, 0.2) is 78.9 Å². The highest BCUT2D eigenvalue weighted by atomic mass is 16.5. The minimum atomic E-state index is -0.617. The van der Waals surface area contributed by atoms with Gasteiger partial charge in [0, 0.05) is 0 Å². The lowest BCUT2D eigenvalue weighted by Gasteiger charge is -2.24. The highest BCUT2D eigenvalue weighted by Gasteiger charge is 2.36. The van der Waals surface area contributed by atoms with Crippen LogP contribution < -0.4 is 10.1 Å². The molecule has 0 fully saturated rings. The quantitative estimate of drug-likeness (QED) is 0.453. The Morgan fingerprint density at radius 3 is 2.00 bits per heavy atom. The van der Waals surface area contributed by atoms with Gasteiger partial charge in [0.05, 0.1) is 23.7 Å². The number of ether oxygens (including phenoxy) is 2. The first-order valence-corrected chi connectivity index (χ1v) is 11.9. The largest absolute Gasteiger partial charge is 0.488 e. The van der Waals surface area contributed by atoms with Crippen LogP contribution in [0.2, 0.25) is 0 Å². The topological polar surface area (TPSA) is 84.9 Å². The molecular weight excluding hydrogens is 456 g/mol. The monoisotopic (exact) mass is 486 g/mol. The number of carbonyl (C=O) groups is 3. The molecule has 3 aromatic carbocycles. The van der Waals surface area contributed by atoms with E-state index in [2.05, 4.69) is 5.32 Å². The molecule has 0 aromatic heterocycles. The maximum atomic E-state index is 12.9. The second-order valence-corrected chi connectivity index (χ2v) is 9.73. The smallest absolute Gasteiger partial charge is 0.407 e. The fourth-order valence-electron chi connectivity index (χ4n) is 4.05. The van der Waals surface area contributed by atoms with Crippen molar-refractivity contribution in [3.8, 4) is 5.75 Å². The molecule has 1 atom stereocenters. The van der Waals surface area contributed by atoms with Crippen LogP contribution in [0.4, 0.5) is 4.79 Å². The Bertz CT molecular complexity index is 1200. The molecule has 0 bridgehead atoms. The van der Waals surface area contributed by atoms with Gasteiger partial charge in [-0.3, -0.25) is 14.5 Å². The van der Waals surface area contributed by atoms with Crippen molar-refractivity contribution >= 4 is 17.9 Å². The van der Waals surface area contributed by atoms with E-state index in [4.69, 9.17) is 9.47 Å². The van der Waals surface area contributed by atoms with Crippen molar-refractivity contribution in [2.45, 2.75) is 45.4 Å². The predicted octanol–water partition coefficient (Wildman–Crippen LogP) is 5.00. The molecule has 7 heteroatoms. The van der Waals surface area contributed by atoms with Crippen LogP contribution in [-0.4, -0.2) is 41.0 Å². The van der Waals surface area contributed by atoms with Crippen molar-refractivity contribution in [1.82, 2.24) is 10.2 Å². The molecule has 3 amide bonds. The lowest BCUT2D eigenvalue weighted by atomic mass is 10.0. The zero-order valence-corrected chi connectivity index (χ0v) is 20.7. The van der Waals surface area contributed by atoms with E-state index in [1.165, 1.54) is 4.90 Å². The minimum Gasteiger partial charge on any atom is -0.488 e. The minimum absolute atomic E-state index is 0.0209. The number of imide groups is 1. The van der Waals surface area contributed by atoms with Gasteiger partial charge in [-0.15, -0.1) is 0 Å². The van der Waals surface area contributed by atoms with Gasteiger partial charge < -0.3 is 14.8 Å². The van der Waals surface area contributed by atoms with Crippen molar-refractivity contribution in [2.75, 3.05) is 6.54 Å². The maximum absolute atomic E-state index is 12.9. The zero-order chi connectivity index (χ0) is 25.7. The average molecular weight is 487 g/mol. The van der Waals surface area contributed by atoms with E-state index in [-0.39, 0.29) is 30.6 Å². The summed E-state index contributed by atoms with van der Waals surface area (Å²) in [5.74, 6) is 0.00124. The Balaban J connectivity index is 1.47. The maximum Gasteiger partial charge on any atom is 0.407 e. The molecule has 4 rings (SSSR count). The third-order valence-corrected chi connectivity index (χ3v) is 5.65. The summed E-state index contributed by atoms with van der Waals surface area (Å²) in [6.07, 6.45) is -0.225. The summed E-state index contributed by atoms with van der Waals surface area (Å²) in [6.45, 7) is 6.07. The zero-order valence-electron chi connectivity index (χ0n) is 20.7. The van der Waals surface area contributed by atoms with Gasteiger partial charge in [-0.25, -0.2) is 4.79 Å². The molecule has 1 aliphatic heterocycles. The Hall–Kier alpha value is -4.13. The van der Waals surface area contributed by atoms with Crippen LogP contribution >= 0.6 is 0 Å². The fraction of sp³-hybridized carbons (Fsp3) is 0.276. The number of hydrogen-bond donors (Lipinski definition) is 1. The number of nitrogens with one attached hydrogen (secondary N) is 1. The molecule has 0 unspecified atom stereocenters. The number of amides is 3. The fourth-order valence-corrected chi connectivity index (χ4v) is 4.05. The number of hydrogen-bond acceptors (Lipinski definition) is 5. The van der Waals surface area contributed by atoms with E-state index in [0.717, 1.165) is 16.9 Å². The first-order chi connectivity index (χ1) is 17.2. The summed E-state index contributed by atoms with van der Waals surface area (Å²) in [7, 11) is 0. The van der Waals surface area contributed by atoms with Gasteiger partial charge >= 0.3 is 6.09 Å². The van der Waals surface area contributed by atoms with E-state index >= 15 is 0 Å². The second kappa shape index (κ2) is 10.6. The average Bonchev–Trinajstić information content (AvgIpc) is 3.09. The van der Waals surface area contributed by atoms with Crippen LogP contribution in [-0.2, 0) is 17.8 Å². The number of alkyl carbamates (subject to hydrolysis) is 1. The Morgan fingerprint density at radius 2 is 1.42 bits per heavy atom. The molecule has 0 aliphatic carbocycles. The highest BCUT2D eigenvalue weighted by molar-refractivity contribution is 6.21. The van der Waals surface area contributed by atoms with Crippen LogP contribution in [0.25, 0.3) is 0 Å². The second-order valence-electron chi connectivity index (χ2n) is 9.73. The standard InChI is InChI=1S/C29H30N2O5/c1-29(2,3)36-23-15-13-20(14-16-23)17-22(30-28(34)35-19-21-9-5-4-6-10-21)18-31-26(32)24-11-7-8-12-25(24)27(31)33/h4-16,22H,17-19H2,1-3H3,(H,30,34)/t22-/m0/s1. The molecule has 1 heterocycles. The molecule has 7 nitrogen and oxygen atoms in total. The number of nitrogens with zero attached hydrogens (tertiary/aromatic N) is 1. The molecule has 3 aromatic rings. The van der Waals surface area contributed by atoms with Crippen molar-refractivity contribution in [3.63, 3.8) is 0 Å². The van der Waals surface area contributed by atoms with Crippen LogP contribution in [0.5, 0.6) is 5.75 Å². The number of fused-ring (bicyclic) bond motifs is 1. The van der Waals surface area contributed by atoms with Crippen molar-refractivity contribution in [2.24, 2.45) is 0 Å². The van der Waals surface area contributed by atoms with E-state index in [1.54, 1.807) is 24.3 Å². The van der Waals surface area contributed by atoms with Crippen LogP contribution in [0.1, 0.15) is 52.6 Å². The first-order valence-electron chi connectivity index (χ1n) is 11.9. The summed E-state index contributed by atoms with van der Waals surface area (Å²) in [5.41, 5.74) is 2.20. The number of carbonyl (C=O) groups excluding carboxylic acids is 3. The molecule has 1 aliphatic rings. The van der Waals surface area contributed by atoms with Gasteiger partial charge in [-0.1, -0.05) is 54.6 Å². The first kappa shape index (κ1) is 25.0. The molecule has 1 N–H and O–H groups in total. The Kier molecular flexibility index (Phi) is 7.38. The van der Waals surface area contributed by atoms with Gasteiger partial charge in [-0.05, 0) is 62.6 Å². The molecule has 0 radical (unpaired) electrons. The van der Waals surface area contributed by atoms with Crippen molar-refractivity contribution in [1.29, 1.82) is 0 Å². The summed E-state index contributed by atoms with van der Waals surface area (Å²) >= 11 is 0. The summed E-state index contributed by atoms with van der Waals surface area (Å²) in [6, 6.07) is 23.1. The van der Waals surface area contributed by atoms with E-state index in [9.17, 15) is 14.4 Å². The van der Waals surface area contributed by atoms with Gasteiger partial charge in [0.15, 0.2) is 0 Å². The summed E-state index contributed by atoms with van der Waals surface area (Å²) < 4.78 is 11.3. The highest BCUT2D eigenvalue weighted by Crippen LogP contribution is 2.24. The molecule has 36 heavy (non-hydrogen) atoms. The van der Waals surface area contributed by atoms with Gasteiger partial charge in [0.1, 0.15) is 18.0 Å². The van der Waals surface area contributed by atoms with Gasteiger partial charge in [-0.2, -0.15) is 0 Å². The van der Waals surface area contributed by atoms with Crippen molar-refractivity contribution < 1.29 is 23.9 Å². The third-order valence-electron chi connectivity index (χ3n) is 5.65. The molecular formula is C29H30N2O5. The van der Waals surface area contributed by atoms with Gasteiger partial charge in [0.2, 0.25) is 0 Å². The van der Waals surface area contributed by atoms with Gasteiger partial charge in [0.25, 0.3) is 11.8 Å². The van der Waals surface area contributed by atoms with Crippen LogP contribution in [0.3, 0.4) is 0 Å². The summed E-state index contributed by atoms with van der Waals surface area (Å²) in [5, 5.41) is 2.84. The molecule has 186 valence electrons. The molecule has 0 saturated heterocycles. The SMILES string of the molecule is CC(C)(C)Oc1ccc(C[C@@H](CN2C(=O)c3ccccc3C2=O)NC(=O)OCc2ccccc2)cc1. The Labute approximate surface area is 211 Å².